The van der Waals surface area contributed by atoms with Crippen molar-refractivity contribution in [1.29, 1.82) is 0 Å². The number of amides is 1. The topological polar surface area (TPSA) is 75.7 Å². The SMILES string of the molecule is CN1CCN(C(=O)Cn2nc(-c3c(-c4ccccc4)nn4ccccc34)ccc2=O)CC1. The Hall–Kier alpha value is -3.78. The van der Waals surface area contributed by atoms with E-state index in [1.165, 1.54) is 10.7 Å². The highest BCUT2D eigenvalue weighted by atomic mass is 16.2. The molecule has 5 rings (SSSR count). The molecule has 0 spiro atoms. The van der Waals surface area contributed by atoms with Gasteiger partial charge in [-0.25, -0.2) is 9.20 Å². The van der Waals surface area contributed by atoms with E-state index in [1.807, 2.05) is 66.3 Å². The van der Waals surface area contributed by atoms with Crippen molar-refractivity contribution >= 4 is 11.4 Å². The van der Waals surface area contributed by atoms with Gasteiger partial charge in [0.15, 0.2) is 0 Å². The molecule has 3 aromatic heterocycles. The van der Waals surface area contributed by atoms with Crippen LogP contribution in [0.15, 0.2) is 71.7 Å². The molecule has 0 radical (unpaired) electrons. The summed E-state index contributed by atoms with van der Waals surface area (Å²) >= 11 is 0. The Morgan fingerprint density at radius 1 is 0.906 bits per heavy atom. The van der Waals surface area contributed by atoms with E-state index in [2.05, 4.69) is 10.00 Å². The van der Waals surface area contributed by atoms with Gasteiger partial charge in [0.1, 0.15) is 12.2 Å². The third kappa shape index (κ3) is 3.80. The van der Waals surface area contributed by atoms with Gasteiger partial charge < -0.3 is 9.80 Å². The van der Waals surface area contributed by atoms with Crippen molar-refractivity contribution < 1.29 is 4.79 Å². The highest BCUT2D eigenvalue weighted by Crippen LogP contribution is 2.33. The summed E-state index contributed by atoms with van der Waals surface area (Å²) in [6.45, 7) is 2.91. The van der Waals surface area contributed by atoms with Crippen molar-refractivity contribution in [2.24, 2.45) is 0 Å². The Kier molecular flexibility index (Phi) is 5.28. The van der Waals surface area contributed by atoms with Crippen molar-refractivity contribution in [2.75, 3.05) is 33.2 Å². The molecule has 162 valence electrons. The number of hydrogen-bond donors (Lipinski definition) is 0. The number of likely N-dealkylation sites (N-methyl/N-ethyl adjacent to an activating group) is 1. The van der Waals surface area contributed by atoms with Crippen LogP contribution in [0.25, 0.3) is 28.0 Å². The first-order valence-electron chi connectivity index (χ1n) is 10.7. The second-order valence-electron chi connectivity index (χ2n) is 8.02. The van der Waals surface area contributed by atoms with Crippen LogP contribution in [0.5, 0.6) is 0 Å². The smallest absolute Gasteiger partial charge is 0.267 e. The first kappa shape index (κ1) is 20.1. The Morgan fingerprint density at radius 2 is 1.66 bits per heavy atom. The number of hydrogen-bond acceptors (Lipinski definition) is 5. The highest BCUT2D eigenvalue weighted by Gasteiger charge is 2.22. The van der Waals surface area contributed by atoms with Crippen LogP contribution in [-0.2, 0) is 11.3 Å². The summed E-state index contributed by atoms with van der Waals surface area (Å²) in [7, 11) is 2.04. The van der Waals surface area contributed by atoms with E-state index in [-0.39, 0.29) is 18.0 Å². The zero-order valence-corrected chi connectivity index (χ0v) is 17.9. The average Bonchev–Trinajstić information content (AvgIpc) is 3.21. The minimum atomic E-state index is -0.297. The molecule has 8 heteroatoms. The van der Waals surface area contributed by atoms with E-state index < -0.39 is 0 Å². The molecule has 1 aromatic carbocycles. The van der Waals surface area contributed by atoms with E-state index in [0.717, 1.165) is 35.4 Å². The number of carbonyl (C=O) groups is 1. The van der Waals surface area contributed by atoms with Crippen molar-refractivity contribution in [3.8, 4) is 22.5 Å². The standard InChI is InChI=1S/C24H24N6O2/c1-27-13-15-28(16-14-27)22(32)17-30-21(31)11-10-19(25-30)23-20-9-5-6-12-29(20)26-24(23)18-7-3-2-4-8-18/h2-12H,13-17H2,1H3. The molecule has 0 aliphatic carbocycles. The molecular formula is C24H24N6O2. The van der Waals surface area contributed by atoms with Gasteiger partial charge in [0.2, 0.25) is 5.91 Å². The van der Waals surface area contributed by atoms with E-state index >= 15 is 0 Å². The van der Waals surface area contributed by atoms with Crippen molar-refractivity contribution in [1.82, 2.24) is 29.2 Å². The van der Waals surface area contributed by atoms with Gasteiger partial charge >= 0.3 is 0 Å². The molecule has 0 atom stereocenters. The fourth-order valence-corrected chi connectivity index (χ4v) is 4.03. The van der Waals surface area contributed by atoms with Gasteiger partial charge in [-0.3, -0.25) is 9.59 Å². The van der Waals surface area contributed by atoms with Crippen LogP contribution in [0.2, 0.25) is 0 Å². The molecule has 8 nitrogen and oxygen atoms in total. The summed E-state index contributed by atoms with van der Waals surface area (Å²) in [5, 5.41) is 9.36. The van der Waals surface area contributed by atoms with E-state index in [9.17, 15) is 9.59 Å². The Labute approximate surface area is 185 Å². The highest BCUT2D eigenvalue weighted by molar-refractivity contribution is 5.90. The van der Waals surface area contributed by atoms with Crippen LogP contribution in [0.1, 0.15) is 0 Å². The van der Waals surface area contributed by atoms with Gasteiger partial charge in [-0.1, -0.05) is 36.4 Å². The zero-order chi connectivity index (χ0) is 22.1. The van der Waals surface area contributed by atoms with Crippen LogP contribution in [0, 0.1) is 0 Å². The first-order chi connectivity index (χ1) is 15.6. The van der Waals surface area contributed by atoms with E-state index in [4.69, 9.17) is 5.10 Å². The first-order valence-corrected chi connectivity index (χ1v) is 10.7. The van der Waals surface area contributed by atoms with Crippen molar-refractivity contribution in [3.63, 3.8) is 0 Å². The summed E-state index contributed by atoms with van der Waals surface area (Å²) in [6.07, 6.45) is 1.89. The summed E-state index contributed by atoms with van der Waals surface area (Å²) in [4.78, 5) is 29.3. The van der Waals surface area contributed by atoms with Crippen molar-refractivity contribution in [3.05, 3.63) is 77.2 Å². The van der Waals surface area contributed by atoms with Gasteiger partial charge in [-0.15, -0.1) is 0 Å². The summed E-state index contributed by atoms with van der Waals surface area (Å²) in [6, 6.07) is 18.9. The maximum absolute atomic E-state index is 12.8. The van der Waals surface area contributed by atoms with Crippen molar-refractivity contribution in [2.45, 2.75) is 6.54 Å². The fraction of sp³-hybridized carbons (Fsp3) is 0.250. The number of pyridine rings is 1. The molecule has 32 heavy (non-hydrogen) atoms. The third-order valence-electron chi connectivity index (χ3n) is 5.85. The molecule has 4 heterocycles. The van der Waals surface area contributed by atoms with Crippen LogP contribution in [0.4, 0.5) is 0 Å². The second kappa shape index (κ2) is 8.39. The van der Waals surface area contributed by atoms with Gasteiger partial charge in [-0.2, -0.15) is 10.2 Å². The molecule has 0 unspecified atom stereocenters. The van der Waals surface area contributed by atoms with Gasteiger partial charge in [0, 0.05) is 44.0 Å². The van der Waals surface area contributed by atoms with E-state index in [0.29, 0.717) is 18.8 Å². The normalized spacial score (nSPS) is 14.7. The van der Waals surface area contributed by atoms with Crippen LogP contribution < -0.4 is 5.56 Å². The Balaban J connectivity index is 1.55. The molecule has 1 fully saturated rings. The van der Waals surface area contributed by atoms with Crippen LogP contribution in [0.3, 0.4) is 0 Å². The number of piperazine rings is 1. The lowest BCUT2D eigenvalue weighted by Crippen LogP contribution is -2.48. The largest absolute Gasteiger partial charge is 0.339 e. The average molecular weight is 428 g/mol. The summed E-state index contributed by atoms with van der Waals surface area (Å²) in [5.74, 6) is -0.0898. The predicted molar refractivity (Wildman–Crippen MR) is 122 cm³/mol. The molecule has 0 saturated carbocycles. The van der Waals surface area contributed by atoms with E-state index in [1.54, 1.807) is 11.0 Å². The predicted octanol–water partition coefficient (Wildman–Crippen LogP) is 2.00. The third-order valence-corrected chi connectivity index (χ3v) is 5.85. The summed E-state index contributed by atoms with van der Waals surface area (Å²) in [5.41, 5.74) is 3.76. The lowest BCUT2D eigenvalue weighted by molar-refractivity contribution is -0.133. The Morgan fingerprint density at radius 3 is 2.44 bits per heavy atom. The molecular weight excluding hydrogens is 404 g/mol. The fourth-order valence-electron chi connectivity index (χ4n) is 4.03. The number of nitrogens with zero attached hydrogens (tertiary/aromatic N) is 6. The quantitative estimate of drug-likeness (QED) is 0.497. The number of carbonyl (C=O) groups excluding carboxylic acids is 1. The molecule has 0 bridgehead atoms. The number of rotatable bonds is 4. The molecule has 4 aromatic rings. The number of fused-ring (bicyclic) bond motifs is 1. The molecule has 1 aliphatic rings. The molecule has 1 amide bonds. The molecule has 1 aliphatic heterocycles. The minimum absolute atomic E-state index is 0.0731. The number of aromatic nitrogens is 4. The zero-order valence-electron chi connectivity index (χ0n) is 17.9. The summed E-state index contributed by atoms with van der Waals surface area (Å²) < 4.78 is 3.07. The lowest BCUT2D eigenvalue weighted by atomic mass is 10.0. The second-order valence-corrected chi connectivity index (χ2v) is 8.02. The van der Waals surface area contributed by atoms with Gasteiger partial charge in [0.05, 0.1) is 16.8 Å². The maximum atomic E-state index is 12.8. The monoisotopic (exact) mass is 428 g/mol. The van der Waals surface area contributed by atoms with Crippen LogP contribution in [-0.4, -0.2) is 68.3 Å². The van der Waals surface area contributed by atoms with Gasteiger partial charge in [0.25, 0.3) is 5.56 Å². The Bertz CT molecular complexity index is 1320. The lowest BCUT2D eigenvalue weighted by Gasteiger charge is -2.32. The number of benzene rings is 1. The van der Waals surface area contributed by atoms with Crippen LogP contribution >= 0.6 is 0 Å². The minimum Gasteiger partial charge on any atom is -0.339 e. The maximum Gasteiger partial charge on any atom is 0.267 e. The molecule has 1 saturated heterocycles. The van der Waals surface area contributed by atoms with Gasteiger partial charge in [-0.05, 0) is 25.2 Å². The molecule has 0 N–H and O–H groups in total.